The van der Waals surface area contributed by atoms with Crippen molar-refractivity contribution in [1.82, 2.24) is 4.90 Å². The Kier molecular flexibility index (Phi) is 5.39. The van der Waals surface area contributed by atoms with E-state index in [1.807, 2.05) is 31.2 Å². The largest absolute Gasteiger partial charge is 0.338 e. The summed E-state index contributed by atoms with van der Waals surface area (Å²) in [6, 6.07) is 14.6. The van der Waals surface area contributed by atoms with E-state index in [1.54, 1.807) is 29.2 Å². The van der Waals surface area contributed by atoms with E-state index in [4.69, 9.17) is 11.6 Å². The number of benzene rings is 2. The molecule has 4 nitrogen and oxygen atoms in total. The number of amides is 2. The minimum atomic E-state index is -0.189. The average Bonchev–Trinajstić information content (AvgIpc) is 2.62. The molecule has 1 atom stereocenters. The molecule has 25 heavy (non-hydrogen) atoms. The van der Waals surface area contributed by atoms with E-state index in [9.17, 15) is 9.59 Å². The van der Waals surface area contributed by atoms with Gasteiger partial charge in [-0.2, -0.15) is 0 Å². The van der Waals surface area contributed by atoms with Crippen LogP contribution in [-0.2, 0) is 4.79 Å². The molecule has 0 bridgehead atoms. The zero-order valence-electron chi connectivity index (χ0n) is 14.2. The van der Waals surface area contributed by atoms with Gasteiger partial charge in [-0.1, -0.05) is 23.7 Å². The molecule has 2 amide bonds. The standard InChI is InChI=1S/C20H21ClN2O2/c1-14-4-2-6-18(12-14)22-19(24)16-5-3-11-23(13-16)20(25)15-7-9-17(21)10-8-15/h2,4,6-10,12,16H,3,5,11,13H2,1H3,(H,22,24)/t16-/m1/s1. The Morgan fingerprint density at radius 3 is 2.64 bits per heavy atom. The third-order valence-electron chi connectivity index (χ3n) is 4.46. The summed E-state index contributed by atoms with van der Waals surface area (Å²) < 4.78 is 0. The summed E-state index contributed by atoms with van der Waals surface area (Å²) in [5, 5.41) is 3.57. The summed E-state index contributed by atoms with van der Waals surface area (Å²) in [6.07, 6.45) is 1.62. The van der Waals surface area contributed by atoms with Crippen LogP contribution >= 0.6 is 11.6 Å². The van der Waals surface area contributed by atoms with E-state index >= 15 is 0 Å². The van der Waals surface area contributed by atoms with Crippen molar-refractivity contribution >= 4 is 29.1 Å². The smallest absolute Gasteiger partial charge is 0.253 e. The molecule has 2 aromatic carbocycles. The monoisotopic (exact) mass is 356 g/mol. The van der Waals surface area contributed by atoms with E-state index in [1.165, 1.54) is 0 Å². The van der Waals surface area contributed by atoms with Gasteiger partial charge in [0.05, 0.1) is 5.92 Å². The van der Waals surface area contributed by atoms with Crippen LogP contribution in [0.5, 0.6) is 0 Å². The van der Waals surface area contributed by atoms with E-state index in [2.05, 4.69) is 5.32 Å². The summed E-state index contributed by atoms with van der Waals surface area (Å²) in [5.41, 5.74) is 2.50. The molecule has 0 saturated carbocycles. The number of halogens is 1. The fraction of sp³-hybridized carbons (Fsp3) is 0.300. The Morgan fingerprint density at radius 2 is 1.92 bits per heavy atom. The third-order valence-corrected chi connectivity index (χ3v) is 4.71. The molecule has 3 rings (SSSR count). The lowest BCUT2D eigenvalue weighted by molar-refractivity contribution is -0.121. The van der Waals surface area contributed by atoms with Crippen molar-refractivity contribution in [3.05, 3.63) is 64.7 Å². The van der Waals surface area contributed by atoms with Crippen LogP contribution in [0.25, 0.3) is 0 Å². The first-order chi connectivity index (χ1) is 12.0. The van der Waals surface area contributed by atoms with Crippen molar-refractivity contribution in [2.75, 3.05) is 18.4 Å². The van der Waals surface area contributed by atoms with Gasteiger partial charge in [-0.3, -0.25) is 9.59 Å². The summed E-state index contributed by atoms with van der Waals surface area (Å²) in [4.78, 5) is 27.0. The minimum Gasteiger partial charge on any atom is -0.338 e. The van der Waals surface area contributed by atoms with Gasteiger partial charge in [-0.25, -0.2) is 0 Å². The first-order valence-electron chi connectivity index (χ1n) is 8.45. The molecule has 1 N–H and O–H groups in total. The first kappa shape index (κ1) is 17.5. The lowest BCUT2D eigenvalue weighted by Crippen LogP contribution is -2.43. The van der Waals surface area contributed by atoms with E-state index in [-0.39, 0.29) is 17.7 Å². The molecule has 0 aliphatic carbocycles. The summed E-state index contributed by atoms with van der Waals surface area (Å²) >= 11 is 5.88. The molecule has 0 radical (unpaired) electrons. The van der Waals surface area contributed by atoms with Gasteiger partial charge in [0.2, 0.25) is 5.91 Å². The fourth-order valence-electron chi connectivity index (χ4n) is 3.12. The van der Waals surface area contributed by atoms with Gasteiger partial charge in [0, 0.05) is 29.4 Å². The molecular weight excluding hydrogens is 336 g/mol. The van der Waals surface area contributed by atoms with E-state index in [0.717, 1.165) is 24.1 Å². The topological polar surface area (TPSA) is 49.4 Å². The van der Waals surface area contributed by atoms with Gasteiger partial charge in [0.15, 0.2) is 0 Å². The second kappa shape index (κ2) is 7.70. The highest BCUT2D eigenvalue weighted by Gasteiger charge is 2.29. The zero-order valence-corrected chi connectivity index (χ0v) is 14.9. The quantitative estimate of drug-likeness (QED) is 0.898. The van der Waals surface area contributed by atoms with Crippen LogP contribution in [0.15, 0.2) is 48.5 Å². The van der Waals surface area contributed by atoms with Gasteiger partial charge in [0.1, 0.15) is 0 Å². The lowest BCUT2D eigenvalue weighted by Gasteiger charge is -2.32. The molecule has 0 unspecified atom stereocenters. The number of carbonyl (C=O) groups excluding carboxylic acids is 2. The van der Waals surface area contributed by atoms with Crippen LogP contribution in [0.4, 0.5) is 5.69 Å². The number of likely N-dealkylation sites (tertiary alicyclic amines) is 1. The number of anilines is 1. The predicted octanol–water partition coefficient (Wildman–Crippen LogP) is 4.14. The van der Waals surface area contributed by atoms with Crippen LogP contribution in [0.3, 0.4) is 0 Å². The van der Waals surface area contributed by atoms with Gasteiger partial charge < -0.3 is 10.2 Å². The Labute approximate surface area is 152 Å². The van der Waals surface area contributed by atoms with Crippen molar-refractivity contribution in [3.63, 3.8) is 0 Å². The van der Waals surface area contributed by atoms with Crippen molar-refractivity contribution in [2.45, 2.75) is 19.8 Å². The Balaban J connectivity index is 1.65. The highest BCUT2D eigenvalue weighted by Crippen LogP contribution is 2.21. The number of carbonyl (C=O) groups is 2. The number of nitrogens with one attached hydrogen (secondary N) is 1. The van der Waals surface area contributed by atoms with Crippen LogP contribution in [0, 0.1) is 12.8 Å². The fourth-order valence-corrected chi connectivity index (χ4v) is 3.24. The van der Waals surface area contributed by atoms with Gasteiger partial charge in [-0.05, 0) is 61.7 Å². The number of nitrogens with zero attached hydrogens (tertiary/aromatic N) is 1. The molecule has 1 fully saturated rings. The van der Waals surface area contributed by atoms with Gasteiger partial charge >= 0.3 is 0 Å². The highest BCUT2D eigenvalue weighted by molar-refractivity contribution is 6.30. The number of hydrogen-bond donors (Lipinski definition) is 1. The molecule has 2 aromatic rings. The summed E-state index contributed by atoms with van der Waals surface area (Å²) in [5.74, 6) is -0.269. The minimum absolute atomic E-state index is 0.0285. The normalized spacial score (nSPS) is 17.2. The van der Waals surface area contributed by atoms with Crippen molar-refractivity contribution < 1.29 is 9.59 Å². The third kappa shape index (κ3) is 4.40. The van der Waals surface area contributed by atoms with Crippen molar-refractivity contribution in [2.24, 2.45) is 5.92 Å². The van der Waals surface area contributed by atoms with Crippen LogP contribution < -0.4 is 5.32 Å². The average molecular weight is 357 g/mol. The van der Waals surface area contributed by atoms with Crippen molar-refractivity contribution in [1.29, 1.82) is 0 Å². The van der Waals surface area contributed by atoms with Crippen LogP contribution in [-0.4, -0.2) is 29.8 Å². The maximum absolute atomic E-state index is 12.6. The molecule has 0 spiro atoms. The Morgan fingerprint density at radius 1 is 1.16 bits per heavy atom. The lowest BCUT2D eigenvalue weighted by atomic mass is 9.96. The van der Waals surface area contributed by atoms with Crippen LogP contribution in [0.2, 0.25) is 5.02 Å². The molecule has 130 valence electrons. The second-order valence-corrected chi connectivity index (χ2v) is 6.89. The number of rotatable bonds is 3. The van der Waals surface area contributed by atoms with E-state index < -0.39 is 0 Å². The van der Waals surface area contributed by atoms with Gasteiger partial charge in [-0.15, -0.1) is 0 Å². The predicted molar refractivity (Wildman–Crippen MR) is 99.9 cm³/mol. The molecular formula is C20H21ClN2O2. The number of aryl methyl sites for hydroxylation is 1. The molecule has 0 aromatic heterocycles. The molecule has 1 aliphatic rings. The summed E-state index contributed by atoms with van der Waals surface area (Å²) in [7, 11) is 0. The molecule has 1 heterocycles. The number of hydrogen-bond acceptors (Lipinski definition) is 2. The molecule has 1 aliphatic heterocycles. The maximum atomic E-state index is 12.6. The van der Waals surface area contributed by atoms with Crippen LogP contribution in [0.1, 0.15) is 28.8 Å². The maximum Gasteiger partial charge on any atom is 0.253 e. The second-order valence-electron chi connectivity index (χ2n) is 6.46. The van der Waals surface area contributed by atoms with E-state index in [0.29, 0.717) is 23.7 Å². The number of piperidine rings is 1. The Bertz CT molecular complexity index is 774. The molecule has 1 saturated heterocycles. The summed E-state index contributed by atoms with van der Waals surface area (Å²) in [6.45, 7) is 3.11. The van der Waals surface area contributed by atoms with Crippen molar-refractivity contribution in [3.8, 4) is 0 Å². The van der Waals surface area contributed by atoms with Gasteiger partial charge in [0.25, 0.3) is 5.91 Å². The zero-order chi connectivity index (χ0) is 17.8. The first-order valence-corrected chi connectivity index (χ1v) is 8.83. The molecule has 5 heteroatoms. The Hall–Kier alpha value is -2.33. The highest BCUT2D eigenvalue weighted by atomic mass is 35.5. The SMILES string of the molecule is Cc1cccc(NC(=O)[C@@H]2CCCN(C(=O)c3ccc(Cl)cc3)C2)c1.